The van der Waals surface area contributed by atoms with Crippen LogP contribution in [0, 0.1) is 6.57 Å². The van der Waals surface area contributed by atoms with Crippen molar-refractivity contribution in [3.8, 4) is 28.4 Å². The van der Waals surface area contributed by atoms with Crippen molar-refractivity contribution in [3.63, 3.8) is 0 Å². The highest BCUT2D eigenvalue weighted by molar-refractivity contribution is 7.98. The van der Waals surface area contributed by atoms with Gasteiger partial charge in [0.25, 0.3) is 0 Å². The van der Waals surface area contributed by atoms with Crippen molar-refractivity contribution in [2.75, 3.05) is 20.5 Å². The second-order valence-electron chi connectivity index (χ2n) is 13.7. The number of rotatable bonds is 6. The van der Waals surface area contributed by atoms with Gasteiger partial charge in [-0.2, -0.15) is 12.6 Å². The molecule has 5 aromatic carbocycles. The maximum absolute atomic E-state index is 7.95. The predicted octanol–water partition coefficient (Wildman–Crippen LogP) is 11.9. The molecule has 0 aromatic heterocycles. The Hall–Kier alpha value is -4.31. The fourth-order valence-corrected chi connectivity index (χ4v) is 9.83. The van der Waals surface area contributed by atoms with Crippen LogP contribution >= 0.6 is 24.4 Å². The van der Waals surface area contributed by atoms with Crippen LogP contribution in [0.5, 0.6) is 17.2 Å². The molecule has 0 bridgehead atoms. The average Bonchev–Trinajstić information content (AvgIpc) is 3.45. The zero-order valence-electron chi connectivity index (χ0n) is 28.8. The molecule has 5 aromatic rings. The summed E-state index contributed by atoms with van der Waals surface area (Å²) < 4.78 is 18.8. The van der Waals surface area contributed by atoms with Gasteiger partial charge in [0, 0.05) is 38.1 Å². The fourth-order valence-electron chi connectivity index (χ4n) is 8.84. The van der Waals surface area contributed by atoms with Gasteiger partial charge >= 0.3 is 0 Å². The number of benzene rings is 5. The number of thioether (sulfide) groups is 1. The van der Waals surface area contributed by atoms with Crippen LogP contribution < -0.4 is 14.2 Å². The molecule has 1 aliphatic heterocycles. The molecule has 0 amide bonds. The smallest absolute Gasteiger partial charge is 0.187 e. The largest absolute Gasteiger partial charge is 0.497 e. The molecule has 0 N–H and O–H groups in total. The van der Waals surface area contributed by atoms with Gasteiger partial charge in [-0.1, -0.05) is 80.6 Å². The van der Waals surface area contributed by atoms with Crippen LogP contribution in [-0.4, -0.2) is 20.5 Å². The number of methoxy groups -OCH3 is 2. The standard InChI is InChI=1S/C44H41NO3S2/c1-45-31-14-19-34-38(25-31)43(21-8-6-5-7-9-22-43)41-35-20-23-44(29-10-15-32(46-2)16-11-29,30-12-17-33(47-3)18-13-30)48-42(35)37-26-39(50-4)28(27-49)24-36(37)40(34)41/h10-20,23-26,49H,5-9,21-22,27H2,2-4H3. The lowest BCUT2D eigenvalue weighted by Gasteiger charge is -2.40. The van der Waals surface area contributed by atoms with Gasteiger partial charge in [-0.05, 0) is 94.8 Å². The maximum Gasteiger partial charge on any atom is 0.187 e. The van der Waals surface area contributed by atoms with Gasteiger partial charge in [0.1, 0.15) is 17.2 Å². The summed E-state index contributed by atoms with van der Waals surface area (Å²) >= 11 is 6.57. The van der Waals surface area contributed by atoms with Crippen LogP contribution in [0.3, 0.4) is 0 Å². The molecule has 2 aliphatic carbocycles. The van der Waals surface area contributed by atoms with Crippen molar-refractivity contribution in [1.29, 1.82) is 0 Å². The normalized spacial score (nSPS) is 16.8. The molecule has 1 fully saturated rings. The van der Waals surface area contributed by atoms with E-state index in [2.05, 4.69) is 71.8 Å². The van der Waals surface area contributed by atoms with Crippen molar-refractivity contribution in [1.82, 2.24) is 0 Å². The molecular formula is C44H41NO3S2. The molecule has 252 valence electrons. The third-order valence-electron chi connectivity index (χ3n) is 11.3. The first-order valence-corrected chi connectivity index (χ1v) is 19.4. The summed E-state index contributed by atoms with van der Waals surface area (Å²) in [5, 5.41) is 2.30. The maximum atomic E-state index is 7.95. The number of ether oxygens (including phenoxy) is 3. The Balaban J connectivity index is 1.47. The first kappa shape index (κ1) is 32.9. The lowest BCUT2D eigenvalue weighted by atomic mass is 9.67. The monoisotopic (exact) mass is 695 g/mol. The highest BCUT2D eigenvalue weighted by Crippen LogP contribution is 2.62. The van der Waals surface area contributed by atoms with Gasteiger partial charge < -0.3 is 14.2 Å². The highest BCUT2D eigenvalue weighted by atomic mass is 32.2. The predicted molar refractivity (Wildman–Crippen MR) is 210 cm³/mol. The van der Waals surface area contributed by atoms with Crippen LogP contribution in [0.2, 0.25) is 0 Å². The number of fused-ring (bicyclic) bond motifs is 10. The number of thiol groups is 1. The Labute approximate surface area is 305 Å². The quantitative estimate of drug-likeness (QED) is 0.109. The molecule has 6 heteroatoms. The molecule has 4 nitrogen and oxygen atoms in total. The first-order valence-electron chi connectivity index (χ1n) is 17.5. The first-order chi connectivity index (χ1) is 24.5. The average molecular weight is 696 g/mol. The number of nitrogens with zero attached hydrogens (tertiary/aromatic N) is 1. The fraction of sp³-hybridized carbons (Fsp3) is 0.295. The molecule has 1 spiro atoms. The van der Waals surface area contributed by atoms with Gasteiger partial charge in [0.2, 0.25) is 0 Å². The van der Waals surface area contributed by atoms with E-state index in [-0.39, 0.29) is 5.41 Å². The lowest BCUT2D eigenvalue weighted by molar-refractivity contribution is 0.163. The lowest BCUT2D eigenvalue weighted by Crippen LogP contribution is -2.35. The minimum Gasteiger partial charge on any atom is -0.497 e. The Morgan fingerprint density at radius 1 is 0.820 bits per heavy atom. The van der Waals surface area contributed by atoms with Gasteiger partial charge in [0.05, 0.1) is 20.8 Å². The zero-order valence-corrected chi connectivity index (χ0v) is 30.6. The summed E-state index contributed by atoms with van der Waals surface area (Å²) in [4.78, 5) is 5.13. The molecule has 8 rings (SSSR count). The van der Waals surface area contributed by atoms with Crippen molar-refractivity contribution in [3.05, 3.63) is 130 Å². The summed E-state index contributed by atoms with van der Waals surface area (Å²) in [7, 11) is 3.39. The van der Waals surface area contributed by atoms with E-state index >= 15 is 0 Å². The highest BCUT2D eigenvalue weighted by Gasteiger charge is 2.48. The Morgan fingerprint density at radius 3 is 2.04 bits per heavy atom. The van der Waals surface area contributed by atoms with E-state index in [4.69, 9.17) is 33.4 Å². The van der Waals surface area contributed by atoms with E-state index in [1.165, 1.54) is 57.4 Å². The minimum absolute atomic E-state index is 0.197. The van der Waals surface area contributed by atoms with E-state index in [9.17, 15) is 0 Å². The molecule has 3 aliphatic rings. The van der Waals surface area contributed by atoms with Crippen LogP contribution in [0.4, 0.5) is 5.69 Å². The van der Waals surface area contributed by atoms with Crippen molar-refractivity contribution in [2.45, 2.75) is 66.6 Å². The minimum atomic E-state index is -0.898. The number of hydrogen-bond acceptors (Lipinski definition) is 5. The molecule has 1 heterocycles. The zero-order chi connectivity index (χ0) is 34.5. The SMILES string of the molecule is [C-]#[N+]c1ccc2c(c1)C1(CCCCCCC1)c1c3c(c4cc(SC)c(CS)cc4c1-2)OC(c1ccc(OC)cc1)(c1ccc(OC)cc1)C=C3. The summed E-state index contributed by atoms with van der Waals surface area (Å²) in [5.74, 6) is 3.16. The molecular weight excluding hydrogens is 655 g/mol. The van der Waals surface area contributed by atoms with Crippen LogP contribution in [0.15, 0.2) is 89.8 Å². The third-order valence-corrected chi connectivity index (χ3v) is 12.4. The van der Waals surface area contributed by atoms with Crippen molar-refractivity contribution < 1.29 is 14.2 Å². The van der Waals surface area contributed by atoms with Gasteiger partial charge in [0.15, 0.2) is 11.3 Å². The Kier molecular flexibility index (Phi) is 8.61. The molecule has 0 atom stereocenters. The van der Waals surface area contributed by atoms with Crippen LogP contribution in [0.25, 0.3) is 32.8 Å². The van der Waals surface area contributed by atoms with Crippen LogP contribution in [0.1, 0.15) is 78.3 Å². The molecule has 0 saturated heterocycles. The molecule has 0 unspecified atom stereocenters. The molecule has 0 radical (unpaired) electrons. The van der Waals surface area contributed by atoms with Gasteiger partial charge in [-0.3, -0.25) is 0 Å². The second kappa shape index (κ2) is 13.1. The topological polar surface area (TPSA) is 32.0 Å². The van der Waals surface area contributed by atoms with Crippen molar-refractivity contribution >= 4 is 46.9 Å². The Bertz CT molecular complexity index is 2120. The molecule has 50 heavy (non-hydrogen) atoms. The van der Waals surface area contributed by atoms with E-state index in [0.717, 1.165) is 65.0 Å². The third kappa shape index (κ3) is 5.04. The van der Waals surface area contributed by atoms with E-state index in [1.54, 1.807) is 26.0 Å². The second-order valence-corrected chi connectivity index (χ2v) is 14.8. The summed E-state index contributed by atoms with van der Waals surface area (Å²) in [6, 6.07) is 27.6. The van der Waals surface area contributed by atoms with Crippen LogP contribution in [-0.2, 0) is 16.8 Å². The summed E-state index contributed by atoms with van der Waals surface area (Å²) in [5.41, 5.74) is 9.28. The summed E-state index contributed by atoms with van der Waals surface area (Å²) in [6.45, 7) is 7.95. The van der Waals surface area contributed by atoms with Gasteiger partial charge in [-0.25, -0.2) is 4.85 Å². The number of hydrogen-bond donors (Lipinski definition) is 1. The van der Waals surface area contributed by atoms with E-state index in [1.807, 2.05) is 30.3 Å². The van der Waals surface area contributed by atoms with E-state index < -0.39 is 5.60 Å². The van der Waals surface area contributed by atoms with Gasteiger partial charge in [-0.15, -0.1) is 11.8 Å². The van der Waals surface area contributed by atoms with Crippen molar-refractivity contribution in [2.24, 2.45) is 0 Å². The van der Waals surface area contributed by atoms with E-state index in [0.29, 0.717) is 11.4 Å². The molecule has 1 saturated carbocycles. The Morgan fingerprint density at radius 2 is 1.46 bits per heavy atom. The summed E-state index contributed by atoms with van der Waals surface area (Å²) in [6.07, 6.45) is 14.9.